The van der Waals surface area contributed by atoms with Gasteiger partial charge in [0.15, 0.2) is 0 Å². The zero-order chi connectivity index (χ0) is 19.5. The standard InChI is InChI=1S/C21H29N3O3S/c25-19(3-4-20(26)24-13-7-18-17(15-24)8-14-28-18)22-11-5-16(6-12-22)21(27)23-9-1-2-10-23/h8,14,16H,1-7,9-13,15H2. The molecule has 0 unspecified atom stereocenters. The van der Waals surface area contributed by atoms with E-state index in [-0.39, 0.29) is 36.5 Å². The highest BCUT2D eigenvalue weighted by Crippen LogP contribution is 2.25. The first-order chi connectivity index (χ1) is 13.6. The van der Waals surface area contributed by atoms with Gasteiger partial charge in [0.25, 0.3) is 0 Å². The van der Waals surface area contributed by atoms with E-state index in [0.29, 0.717) is 19.6 Å². The van der Waals surface area contributed by atoms with E-state index in [1.54, 1.807) is 11.3 Å². The number of carbonyl (C=O) groups excluding carboxylic acids is 3. The fraction of sp³-hybridized carbons (Fsp3) is 0.667. The Hall–Kier alpha value is -1.89. The number of rotatable bonds is 4. The molecule has 0 aromatic carbocycles. The second kappa shape index (κ2) is 8.64. The van der Waals surface area contributed by atoms with Crippen LogP contribution in [0.2, 0.25) is 0 Å². The summed E-state index contributed by atoms with van der Waals surface area (Å²) >= 11 is 1.76. The largest absolute Gasteiger partial charge is 0.343 e. The summed E-state index contributed by atoms with van der Waals surface area (Å²) in [5.41, 5.74) is 1.25. The zero-order valence-corrected chi connectivity index (χ0v) is 17.2. The van der Waals surface area contributed by atoms with Crippen molar-refractivity contribution in [2.45, 2.75) is 51.5 Å². The first-order valence-electron chi connectivity index (χ1n) is 10.5. The van der Waals surface area contributed by atoms with E-state index < -0.39 is 0 Å². The van der Waals surface area contributed by atoms with Crippen molar-refractivity contribution in [3.8, 4) is 0 Å². The summed E-state index contributed by atoms with van der Waals surface area (Å²) < 4.78 is 0. The Bertz CT molecular complexity index is 733. The van der Waals surface area contributed by atoms with Gasteiger partial charge in [-0.2, -0.15) is 0 Å². The molecule has 4 rings (SSSR count). The van der Waals surface area contributed by atoms with Gasteiger partial charge in [-0.05, 0) is 49.1 Å². The van der Waals surface area contributed by atoms with Gasteiger partial charge >= 0.3 is 0 Å². The molecule has 0 saturated carbocycles. The lowest BCUT2D eigenvalue weighted by Gasteiger charge is -2.33. The number of piperidine rings is 1. The Morgan fingerprint density at radius 2 is 1.57 bits per heavy atom. The highest BCUT2D eigenvalue weighted by atomic mass is 32.1. The van der Waals surface area contributed by atoms with E-state index in [1.807, 2.05) is 14.7 Å². The first-order valence-corrected chi connectivity index (χ1v) is 11.4. The first kappa shape index (κ1) is 19.4. The van der Waals surface area contributed by atoms with Gasteiger partial charge in [-0.1, -0.05) is 0 Å². The van der Waals surface area contributed by atoms with Gasteiger partial charge in [-0.25, -0.2) is 0 Å². The van der Waals surface area contributed by atoms with E-state index in [9.17, 15) is 14.4 Å². The molecule has 3 aliphatic rings. The molecule has 2 fully saturated rings. The third-order valence-electron chi connectivity index (χ3n) is 6.33. The summed E-state index contributed by atoms with van der Waals surface area (Å²) in [6.07, 6.45) is 5.21. The summed E-state index contributed by atoms with van der Waals surface area (Å²) in [5.74, 6) is 0.465. The molecule has 152 valence electrons. The van der Waals surface area contributed by atoms with E-state index in [1.165, 1.54) is 10.4 Å². The van der Waals surface area contributed by atoms with Crippen molar-refractivity contribution >= 4 is 29.1 Å². The van der Waals surface area contributed by atoms with Crippen LogP contribution in [0.3, 0.4) is 0 Å². The molecule has 0 bridgehead atoms. The van der Waals surface area contributed by atoms with Crippen LogP contribution in [-0.4, -0.2) is 65.1 Å². The van der Waals surface area contributed by atoms with Crippen molar-refractivity contribution in [3.63, 3.8) is 0 Å². The predicted molar refractivity (Wildman–Crippen MR) is 108 cm³/mol. The van der Waals surface area contributed by atoms with Gasteiger partial charge < -0.3 is 14.7 Å². The third kappa shape index (κ3) is 4.24. The number of amides is 3. The van der Waals surface area contributed by atoms with Crippen molar-refractivity contribution in [1.82, 2.24) is 14.7 Å². The van der Waals surface area contributed by atoms with E-state index >= 15 is 0 Å². The van der Waals surface area contributed by atoms with Crippen LogP contribution in [0.5, 0.6) is 0 Å². The molecule has 28 heavy (non-hydrogen) atoms. The van der Waals surface area contributed by atoms with Crippen LogP contribution in [0.15, 0.2) is 11.4 Å². The van der Waals surface area contributed by atoms with E-state index in [0.717, 1.165) is 51.7 Å². The van der Waals surface area contributed by atoms with Crippen molar-refractivity contribution in [1.29, 1.82) is 0 Å². The minimum absolute atomic E-state index is 0.0497. The summed E-state index contributed by atoms with van der Waals surface area (Å²) in [5, 5.41) is 2.08. The molecule has 0 spiro atoms. The minimum atomic E-state index is 0.0497. The van der Waals surface area contributed by atoms with Crippen LogP contribution < -0.4 is 0 Å². The fourth-order valence-corrected chi connectivity index (χ4v) is 5.45. The molecule has 1 aromatic heterocycles. The molecule has 0 atom stereocenters. The molecule has 2 saturated heterocycles. The van der Waals surface area contributed by atoms with Crippen molar-refractivity contribution in [2.75, 3.05) is 32.7 Å². The van der Waals surface area contributed by atoms with Gasteiger partial charge in [0.2, 0.25) is 17.7 Å². The molecule has 3 amide bonds. The Kier molecular flexibility index (Phi) is 5.99. The minimum Gasteiger partial charge on any atom is -0.343 e. The topological polar surface area (TPSA) is 60.9 Å². The smallest absolute Gasteiger partial charge is 0.225 e. The summed E-state index contributed by atoms with van der Waals surface area (Å²) in [6.45, 7) is 4.49. The molecule has 0 aliphatic carbocycles. The summed E-state index contributed by atoms with van der Waals surface area (Å²) in [7, 11) is 0. The molecule has 0 N–H and O–H groups in total. The molecule has 1 aromatic rings. The van der Waals surface area contributed by atoms with E-state index in [4.69, 9.17) is 0 Å². The van der Waals surface area contributed by atoms with E-state index in [2.05, 4.69) is 11.4 Å². The lowest BCUT2D eigenvalue weighted by molar-refractivity contribution is -0.141. The zero-order valence-electron chi connectivity index (χ0n) is 16.4. The van der Waals surface area contributed by atoms with Gasteiger partial charge in [-0.3, -0.25) is 14.4 Å². The second-order valence-corrected chi connectivity index (χ2v) is 9.12. The van der Waals surface area contributed by atoms with Crippen molar-refractivity contribution < 1.29 is 14.4 Å². The normalized spacial score (nSPS) is 20.4. The van der Waals surface area contributed by atoms with Crippen LogP contribution in [0.1, 0.15) is 49.0 Å². The number of hydrogen-bond acceptors (Lipinski definition) is 4. The summed E-state index contributed by atoms with van der Waals surface area (Å²) in [6, 6.07) is 2.10. The number of nitrogens with zero attached hydrogens (tertiary/aromatic N) is 3. The van der Waals surface area contributed by atoms with Crippen LogP contribution in [-0.2, 0) is 27.3 Å². The third-order valence-corrected chi connectivity index (χ3v) is 7.35. The average Bonchev–Trinajstić information content (AvgIpc) is 3.42. The van der Waals surface area contributed by atoms with Crippen LogP contribution in [0.4, 0.5) is 0 Å². The molecule has 6 nitrogen and oxygen atoms in total. The Labute approximate surface area is 170 Å². The van der Waals surface area contributed by atoms with Crippen LogP contribution in [0.25, 0.3) is 0 Å². The van der Waals surface area contributed by atoms with Crippen molar-refractivity contribution in [2.24, 2.45) is 5.92 Å². The van der Waals surface area contributed by atoms with Gasteiger partial charge in [0, 0.05) is 62.9 Å². The molecule has 7 heteroatoms. The molecule has 0 radical (unpaired) electrons. The van der Waals surface area contributed by atoms with Gasteiger partial charge in [0.05, 0.1) is 0 Å². The lowest BCUT2D eigenvalue weighted by Crippen LogP contribution is -2.44. The number of likely N-dealkylation sites (tertiary alicyclic amines) is 2. The number of thiophene rings is 1. The average molecular weight is 404 g/mol. The van der Waals surface area contributed by atoms with Crippen LogP contribution >= 0.6 is 11.3 Å². The molecular weight excluding hydrogens is 374 g/mol. The van der Waals surface area contributed by atoms with Gasteiger partial charge in [0.1, 0.15) is 0 Å². The van der Waals surface area contributed by atoms with Gasteiger partial charge in [-0.15, -0.1) is 11.3 Å². The highest BCUT2D eigenvalue weighted by molar-refractivity contribution is 7.10. The maximum absolute atomic E-state index is 12.5. The Morgan fingerprint density at radius 3 is 2.29 bits per heavy atom. The predicted octanol–water partition coefficient (Wildman–Crippen LogP) is 2.27. The Balaban J connectivity index is 1.19. The van der Waals surface area contributed by atoms with Crippen LogP contribution in [0, 0.1) is 5.92 Å². The SMILES string of the molecule is O=C(CCC(=O)N1CCc2sccc2C1)N1CCC(C(=O)N2CCCC2)CC1. The quantitative estimate of drug-likeness (QED) is 0.775. The highest BCUT2D eigenvalue weighted by Gasteiger charge is 2.31. The van der Waals surface area contributed by atoms with Crippen molar-refractivity contribution in [3.05, 3.63) is 21.9 Å². The maximum Gasteiger partial charge on any atom is 0.225 e. The summed E-state index contributed by atoms with van der Waals surface area (Å²) in [4.78, 5) is 44.6. The molecule has 3 aliphatic heterocycles. The maximum atomic E-state index is 12.5. The lowest BCUT2D eigenvalue weighted by atomic mass is 9.95. The number of carbonyl (C=O) groups is 3. The monoisotopic (exact) mass is 403 g/mol. The Morgan fingerprint density at radius 1 is 0.893 bits per heavy atom. The second-order valence-electron chi connectivity index (χ2n) is 8.12. The number of fused-ring (bicyclic) bond motifs is 1. The number of hydrogen-bond donors (Lipinski definition) is 0. The fourth-order valence-electron chi connectivity index (χ4n) is 4.56. The molecule has 4 heterocycles. The molecular formula is C21H29N3O3S.